The molecule has 3 aromatic rings. The van der Waals surface area contributed by atoms with Gasteiger partial charge in [0.2, 0.25) is 5.95 Å². The Morgan fingerprint density at radius 1 is 1.00 bits per heavy atom. The number of nitrogens with one attached hydrogen (secondary N) is 1. The van der Waals surface area contributed by atoms with E-state index in [1.807, 2.05) is 18.5 Å². The first-order valence-corrected chi connectivity index (χ1v) is 12.6. The summed E-state index contributed by atoms with van der Waals surface area (Å²) in [4.78, 5) is 23.6. The molecule has 1 N–H and O–H groups in total. The second-order valence-corrected chi connectivity index (χ2v) is 10.1. The number of hydrogen-bond donors (Lipinski definition) is 1. The SMILES string of the molecule is CC1CCCN(c2nccc(Nc3cc4c(C(C)C5COC5)cnc(N5CCC5)c4cn3)n2)C1. The molecule has 2 atom stereocenters. The summed E-state index contributed by atoms with van der Waals surface area (Å²) in [6, 6.07) is 4.08. The van der Waals surface area contributed by atoms with E-state index in [9.17, 15) is 0 Å². The summed E-state index contributed by atoms with van der Waals surface area (Å²) in [6.45, 7) is 10.4. The van der Waals surface area contributed by atoms with Crippen molar-refractivity contribution in [1.82, 2.24) is 19.9 Å². The third-order valence-corrected chi connectivity index (χ3v) is 7.64. The van der Waals surface area contributed by atoms with Gasteiger partial charge >= 0.3 is 0 Å². The van der Waals surface area contributed by atoms with E-state index in [1.54, 1.807) is 0 Å². The van der Waals surface area contributed by atoms with Gasteiger partial charge in [0, 0.05) is 56.1 Å². The van der Waals surface area contributed by atoms with Crippen LogP contribution >= 0.6 is 0 Å². The Hall–Kier alpha value is -3.00. The molecule has 178 valence electrons. The summed E-state index contributed by atoms with van der Waals surface area (Å²) in [5.74, 6) is 5.01. The largest absolute Gasteiger partial charge is 0.381 e. The van der Waals surface area contributed by atoms with Crippen LogP contribution in [0.25, 0.3) is 10.8 Å². The van der Waals surface area contributed by atoms with Crippen molar-refractivity contribution in [1.29, 1.82) is 0 Å². The number of ether oxygens (including phenoxy) is 1. The van der Waals surface area contributed by atoms with Gasteiger partial charge in [-0.15, -0.1) is 0 Å². The van der Waals surface area contributed by atoms with Crippen molar-refractivity contribution in [2.45, 2.75) is 39.0 Å². The van der Waals surface area contributed by atoms with Crippen LogP contribution < -0.4 is 15.1 Å². The quantitative estimate of drug-likeness (QED) is 0.583. The van der Waals surface area contributed by atoms with Crippen LogP contribution in [-0.2, 0) is 4.74 Å². The highest BCUT2D eigenvalue weighted by Crippen LogP contribution is 2.38. The van der Waals surface area contributed by atoms with Crippen LogP contribution in [-0.4, -0.2) is 59.3 Å². The number of rotatable bonds is 6. The predicted octanol–water partition coefficient (Wildman–Crippen LogP) is 4.36. The molecule has 8 nitrogen and oxygen atoms in total. The summed E-state index contributed by atoms with van der Waals surface area (Å²) < 4.78 is 5.48. The molecule has 0 bridgehead atoms. The molecule has 0 spiro atoms. The van der Waals surface area contributed by atoms with Crippen molar-refractivity contribution >= 4 is 34.2 Å². The first kappa shape index (κ1) is 21.5. The number of aromatic nitrogens is 4. The molecule has 3 aromatic heterocycles. The fourth-order valence-electron chi connectivity index (χ4n) is 5.22. The van der Waals surface area contributed by atoms with E-state index in [4.69, 9.17) is 19.7 Å². The Labute approximate surface area is 200 Å². The summed E-state index contributed by atoms with van der Waals surface area (Å²) in [5, 5.41) is 5.78. The van der Waals surface area contributed by atoms with Crippen LogP contribution in [0.1, 0.15) is 44.6 Å². The molecule has 34 heavy (non-hydrogen) atoms. The normalized spacial score (nSPS) is 21.8. The minimum atomic E-state index is 0.385. The van der Waals surface area contributed by atoms with E-state index in [-0.39, 0.29) is 0 Å². The highest BCUT2D eigenvalue weighted by molar-refractivity contribution is 5.96. The Balaban J connectivity index is 1.32. The molecule has 3 aliphatic heterocycles. The molecule has 0 aliphatic carbocycles. The second kappa shape index (κ2) is 8.98. The summed E-state index contributed by atoms with van der Waals surface area (Å²) >= 11 is 0. The summed E-state index contributed by atoms with van der Waals surface area (Å²) in [5.41, 5.74) is 1.27. The monoisotopic (exact) mass is 459 g/mol. The van der Waals surface area contributed by atoms with E-state index in [0.717, 1.165) is 68.2 Å². The Bertz CT molecular complexity index is 1180. The maximum Gasteiger partial charge on any atom is 0.227 e. The van der Waals surface area contributed by atoms with Crippen LogP contribution in [0, 0.1) is 11.8 Å². The molecule has 2 unspecified atom stereocenters. The third-order valence-electron chi connectivity index (χ3n) is 7.64. The van der Waals surface area contributed by atoms with Crippen molar-refractivity contribution in [3.63, 3.8) is 0 Å². The van der Waals surface area contributed by atoms with E-state index in [2.05, 4.69) is 46.2 Å². The van der Waals surface area contributed by atoms with Gasteiger partial charge in [-0.05, 0) is 54.2 Å². The van der Waals surface area contributed by atoms with Gasteiger partial charge in [-0.1, -0.05) is 13.8 Å². The van der Waals surface area contributed by atoms with Gasteiger partial charge in [-0.2, -0.15) is 4.98 Å². The zero-order valence-corrected chi connectivity index (χ0v) is 20.1. The maximum atomic E-state index is 5.48. The number of pyridine rings is 2. The maximum absolute atomic E-state index is 5.48. The van der Waals surface area contributed by atoms with Crippen molar-refractivity contribution in [3.05, 3.63) is 36.3 Å². The van der Waals surface area contributed by atoms with Gasteiger partial charge in [-0.3, -0.25) is 0 Å². The molecule has 0 aromatic carbocycles. The zero-order valence-electron chi connectivity index (χ0n) is 20.1. The van der Waals surface area contributed by atoms with Gasteiger partial charge in [0.05, 0.1) is 13.2 Å². The summed E-state index contributed by atoms with van der Waals surface area (Å²) in [6.07, 6.45) is 9.57. The first-order valence-electron chi connectivity index (χ1n) is 12.6. The first-order chi connectivity index (χ1) is 16.7. The Kier molecular flexibility index (Phi) is 5.69. The molecular weight excluding hydrogens is 426 g/mol. The fourth-order valence-corrected chi connectivity index (χ4v) is 5.22. The second-order valence-electron chi connectivity index (χ2n) is 10.1. The van der Waals surface area contributed by atoms with Crippen molar-refractivity contribution in [3.8, 4) is 0 Å². The lowest BCUT2D eigenvalue weighted by molar-refractivity contribution is -0.0422. The van der Waals surface area contributed by atoms with Crippen LogP contribution in [0.3, 0.4) is 0 Å². The number of anilines is 4. The molecular formula is C26H33N7O. The van der Waals surface area contributed by atoms with Gasteiger partial charge in [-0.25, -0.2) is 15.0 Å². The number of fused-ring (bicyclic) bond motifs is 1. The molecule has 3 saturated heterocycles. The molecule has 6 heterocycles. The number of piperidine rings is 1. The van der Waals surface area contributed by atoms with Crippen molar-refractivity contribution < 1.29 is 4.74 Å². The average Bonchev–Trinajstić information content (AvgIpc) is 2.77. The standard InChI is InChI=1S/C26H33N7O/c1-17-5-3-8-33(14-17)26-27-7-6-23(31-26)30-24-11-20-21(18(2)19-15-34-16-19)12-29-25(22(20)13-28-24)32-9-4-10-32/h6-7,11-13,17-19H,3-5,8-10,14-16H2,1-2H3,(H,27,28,30,31). The molecule has 0 saturated carbocycles. The van der Waals surface area contributed by atoms with Crippen molar-refractivity contribution in [2.24, 2.45) is 11.8 Å². The molecule has 6 rings (SSSR count). The minimum Gasteiger partial charge on any atom is -0.381 e. The molecule has 0 radical (unpaired) electrons. The molecule has 3 aliphatic rings. The fraction of sp³-hybridized carbons (Fsp3) is 0.538. The highest BCUT2D eigenvalue weighted by Gasteiger charge is 2.29. The minimum absolute atomic E-state index is 0.385. The highest BCUT2D eigenvalue weighted by atomic mass is 16.5. The lowest BCUT2D eigenvalue weighted by Gasteiger charge is -2.35. The molecule has 3 fully saturated rings. The van der Waals surface area contributed by atoms with Crippen LogP contribution in [0.4, 0.5) is 23.4 Å². The lowest BCUT2D eigenvalue weighted by atomic mass is 9.85. The van der Waals surface area contributed by atoms with Gasteiger partial charge < -0.3 is 19.9 Å². The van der Waals surface area contributed by atoms with Crippen LogP contribution in [0.5, 0.6) is 0 Å². The third kappa shape index (κ3) is 4.04. The van der Waals surface area contributed by atoms with Crippen LogP contribution in [0.15, 0.2) is 30.7 Å². The molecule has 0 amide bonds. The van der Waals surface area contributed by atoms with Gasteiger partial charge in [0.15, 0.2) is 0 Å². The average molecular weight is 460 g/mol. The van der Waals surface area contributed by atoms with Gasteiger partial charge in [0.25, 0.3) is 0 Å². The summed E-state index contributed by atoms with van der Waals surface area (Å²) in [7, 11) is 0. The van der Waals surface area contributed by atoms with Crippen LogP contribution in [0.2, 0.25) is 0 Å². The Morgan fingerprint density at radius 2 is 1.85 bits per heavy atom. The topological polar surface area (TPSA) is 79.3 Å². The zero-order chi connectivity index (χ0) is 23.1. The van der Waals surface area contributed by atoms with Crippen molar-refractivity contribution in [2.75, 3.05) is 54.5 Å². The van der Waals surface area contributed by atoms with E-state index >= 15 is 0 Å². The van der Waals surface area contributed by atoms with E-state index in [0.29, 0.717) is 17.8 Å². The van der Waals surface area contributed by atoms with Gasteiger partial charge in [0.1, 0.15) is 17.5 Å². The Morgan fingerprint density at radius 3 is 2.59 bits per heavy atom. The number of hydrogen-bond acceptors (Lipinski definition) is 8. The molecule has 8 heteroatoms. The predicted molar refractivity (Wildman–Crippen MR) is 135 cm³/mol. The van der Waals surface area contributed by atoms with E-state index in [1.165, 1.54) is 30.2 Å². The smallest absolute Gasteiger partial charge is 0.227 e. The van der Waals surface area contributed by atoms with E-state index < -0.39 is 0 Å². The number of nitrogens with zero attached hydrogens (tertiary/aromatic N) is 6. The lowest BCUT2D eigenvalue weighted by Crippen LogP contribution is -2.38.